The second kappa shape index (κ2) is 6.79. The summed E-state index contributed by atoms with van der Waals surface area (Å²) in [7, 11) is 0. The third-order valence-corrected chi connectivity index (χ3v) is 6.24. The van der Waals surface area contributed by atoms with E-state index in [1.54, 1.807) is 0 Å². The average Bonchev–Trinajstić information content (AvgIpc) is 2.54. The summed E-state index contributed by atoms with van der Waals surface area (Å²) in [5.74, 6) is 0.634. The smallest absolute Gasteiger partial charge is 0.0486 e. The summed E-state index contributed by atoms with van der Waals surface area (Å²) < 4.78 is 0. The van der Waals surface area contributed by atoms with Crippen LogP contribution in [0.4, 0.5) is 0 Å². The summed E-state index contributed by atoms with van der Waals surface area (Å²) >= 11 is 3.92. The fourth-order valence-electron chi connectivity index (χ4n) is 2.66. The standard InChI is InChI=1S/C20H25Br/c1-5-15(2)16-11-13-17(14-12-16)19(21)20(3,4)18-9-7-6-8-10-18/h6-15,19H,5H2,1-4H3. The van der Waals surface area contributed by atoms with Gasteiger partial charge in [0.15, 0.2) is 0 Å². The predicted octanol–water partition coefficient (Wildman–Crippen LogP) is 6.61. The Balaban J connectivity index is 2.25. The first kappa shape index (κ1) is 16.3. The third kappa shape index (κ3) is 3.58. The van der Waals surface area contributed by atoms with Gasteiger partial charge < -0.3 is 0 Å². The van der Waals surface area contributed by atoms with Gasteiger partial charge in [-0.25, -0.2) is 0 Å². The minimum atomic E-state index is 0.0547. The molecule has 0 heterocycles. The zero-order chi connectivity index (χ0) is 15.5. The van der Waals surface area contributed by atoms with Gasteiger partial charge in [-0.3, -0.25) is 0 Å². The molecule has 0 N–H and O–H groups in total. The van der Waals surface area contributed by atoms with Gasteiger partial charge in [-0.05, 0) is 29.0 Å². The lowest BCUT2D eigenvalue weighted by atomic mass is 9.79. The van der Waals surface area contributed by atoms with Crippen molar-refractivity contribution in [1.29, 1.82) is 0 Å². The van der Waals surface area contributed by atoms with E-state index >= 15 is 0 Å². The molecule has 0 aliphatic carbocycles. The van der Waals surface area contributed by atoms with Crippen molar-refractivity contribution in [1.82, 2.24) is 0 Å². The van der Waals surface area contributed by atoms with Crippen LogP contribution in [0.3, 0.4) is 0 Å². The highest BCUT2D eigenvalue weighted by Crippen LogP contribution is 2.43. The Morgan fingerprint density at radius 3 is 1.95 bits per heavy atom. The van der Waals surface area contributed by atoms with Crippen LogP contribution in [0, 0.1) is 0 Å². The van der Waals surface area contributed by atoms with Crippen molar-refractivity contribution in [2.75, 3.05) is 0 Å². The number of benzene rings is 2. The lowest BCUT2D eigenvalue weighted by Gasteiger charge is -2.31. The van der Waals surface area contributed by atoms with Gasteiger partial charge in [0.2, 0.25) is 0 Å². The lowest BCUT2D eigenvalue weighted by Crippen LogP contribution is -2.23. The summed E-state index contributed by atoms with van der Waals surface area (Å²) in [6.07, 6.45) is 1.19. The molecule has 21 heavy (non-hydrogen) atoms. The number of hydrogen-bond acceptors (Lipinski definition) is 0. The minimum Gasteiger partial charge on any atom is -0.0829 e. The number of halogens is 1. The molecule has 0 aromatic heterocycles. The Morgan fingerprint density at radius 1 is 0.905 bits per heavy atom. The molecular formula is C20H25Br. The van der Waals surface area contributed by atoms with Crippen molar-refractivity contribution in [3.05, 3.63) is 71.3 Å². The molecule has 0 aliphatic rings. The SMILES string of the molecule is CCC(C)c1ccc(C(Br)C(C)(C)c2ccccc2)cc1. The maximum absolute atomic E-state index is 3.92. The van der Waals surface area contributed by atoms with Crippen LogP contribution in [0.1, 0.15) is 61.6 Å². The van der Waals surface area contributed by atoms with Crippen LogP contribution >= 0.6 is 15.9 Å². The first-order valence-corrected chi connectivity index (χ1v) is 8.67. The van der Waals surface area contributed by atoms with E-state index in [0.29, 0.717) is 10.7 Å². The molecule has 0 nitrogen and oxygen atoms in total. The molecule has 0 saturated heterocycles. The van der Waals surface area contributed by atoms with Crippen molar-refractivity contribution in [2.45, 2.75) is 50.3 Å². The molecule has 2 aromatic carbocycles. The molecular weight excluding hydrogens is 320 g/mol. The predicted molar refractivity (Wildman–Crippen MR) is 96.3 cm³/mol. The van der Waals surface area contributed by atoms with E-state index in [-0.39, 0.29) is 5.41 Å². The van der Waals surface area contributed by atoms with E-state index in [9.17, 15) is 0 Å². The monoisotopic (exact) mass is 344 g/mol. The number of rotatable bonds is 5. The van der Waals surface area contributed by atoms with E-state index in [4.69, 9.17) is 0 Å². The van der Waals surface area contributed by atoms with Gasteiger partial charge in [-0.15, -0.1) is 0 Å². The molecule has 2 unspecified atom stereocenters. The number of alkyl halides is 1. The maximum Gasteiger partial charge on any atom is 0.0486 e. The first-order chi connectivity index (χ1) is 9.96. The quantitative estimate of drug-likeness (QED) is 0.535. The highest BCUT2D eigenvalue weighted by molar-refractivity contribution is 9.09. The van der Waals surface area contributed by atoms with Crippen molar-refractivity contribution < 1.29 is 0 Å². The van der Waals surface area contributed by atoms with Crippen LogP contribution in [0.2, 0.25) is 0 Å². The molecule has 0 spiro atoms. The molecule has 2 atom stereocenters. The van der Waals surface area contributed by atoms with Crippen molar-refractivity contribution in [2.24, 2.45) is 0 Å². The van der Waals surface area contributed by atoms with Crippen LogP contribution in [0.5, 0.6) is 0 Å². The van der Waals surface area contributed by atoms with E-state index in [1.807, 2.05) is 0 Å². The molecule has 2 aromatic rings. The van der Waals surface area contributed by atoms with Crippen LogP contribution in [0.25, 0.3) is 0 Å². The second-order valence-electron chi connectivity index (χ2n) is 6.43. The van der Waals surface area contributed by atoms with E-state index < -0.39 is 0 Å². The first-order valence-electron chi connectivity index (χ1n) is 7.76. The fraction of sp³-hybridized carbons (Fsp3) is 0.400. The van der Waals surface area contributed by atoms with Gasteiger partial charge >= 0.3 is 0 Å². The highest BCUT2D eigenvalue weighted by Gasteiger charge is 2.30. The van der Waals surface area contributed by atoms with Gasteiger partial charge in [0.05, 0.1) is 0 Å². The molecule has 2 rings (SSSR count). The summed E-state index contributed by atoms with van der Waals surface area (Å²) in [4.78, 5) is 0.304. The average molecular weight is 345 g/mol. The van der Waals surface area contributed by atoms with Crippen LogP contribution in [0.15, 0.2) is 54.6 Å². The Morgan fingerprint density at radius 2 is 1.43 bits per heavy atom. The van der Waals surface area contributed by atoms with Crippen molar-refractivity contribution in [3.63, 3.8) is 0 Å². The maximum atomic E-state index is 3.92. The highest BCUT2D eigenvalue weighted by atomic mass is 79.9. The normalized spacial score (nSPS) is 14.7. The molecule has 0 radical (unpaired) electrons. The minimum absolute atomic E-state index is 0.0547. The molecule has 1 heteroatoms. The Hall–Kier alpha value is -1.08. The van der Waals surface area contributed by atoms with E-state index in [2.05, 4.69) is 98.2 Å². The van der Waals surface area contributed by atoms with Crippen LogP contribution in [-0.2, 0) is 5.41 Å². The summed E-state index contributed by atoms with van der Waals surface area (Å²) in [6.45, 7) is 9.12. The second-order valence-corrected chi connectivity index (χ2v) is 7.34. The largest absolute Gasteiger partial charge is 0.0829 e. The Bertz CT molecular complexity index is 554. The van der Waals surface area contributed by atoms with Crippen molar-refractivity contribution >= 4 is 15.9 Å². The third-order valence-electron chi connectivity index (χ3n) is 4.56. The van der Waals surface area contributed by atoms with Gasteiger partial charge in [-0.2, -0.15) is 0 Å². The van der Waals surface area contributed by atoms with Gasteiger partial charge in [-0.1, -0.05) is 98.2 Å². The van der Waals surface area contributed by atoms with Gasteiger partial charge in [0.1, 0.15) is 0 Å². The molecule has 0 saturated carbocycles. The molecule has 0 amide bonds. The van der Waals surface area contributed by atoms with Crippen LogP contribution < -0.4 is 0 Å². The van der Waals surface area contributed by atoms with Gasteiger partial charge in [0, 0.05) is 10.2 Å². The Labute approximate surface area is 137 Å². The van der Waals surface area contributed by atoms with Gasteiger partial charge in [0.25, 0.3) is 0 Å². The Kier molecular flexibility index (Phi) is 5.27. The topological polar surface area (TPSA) is 0 Å². The summed E-state index contributed by atoms with van der Waals surface area (Å²) in [5, 5.41) is 0. The van der Waals surface area contributed by atoms with Crippen LogP contribution in [-0.4, -0.2) is 0 Å². The molecule has 0 aliphatic heterocycles. The lowest BCUT2D eigenvalue weighted by molar-refractivity contribution is 0.517. The summed E-state index contributed by atoms with van der Waals surface area (Å²) in [6, 6.07) is 19.8. The van der Waals surface area contributed by atoms with Crippen molar-refractivity contribution in [3.8, 4) is 0 Å². The molecule has 0 fully saturated rings. The zero-order valence-corrected chi connectivity index (χ0v) is 15.0. The van der Waals surface area contributed by atoms with E-state index in [0.717, 1.165) is 0 Å². The summed E-state index contributed by atoms with van der Waals surface area (Å²) in [5.41, 5.74) is 4.19. The number of hydrogen-bond donors (Lipinski definition) is 0. The van der Waals surface area contributed by atoms with E-state index in [1.165, 1.54) is 23.1 Å². The molecule has 112 valence electrons. The fourth-order valence-corrected chi connectivity index (χ4v) is 3.23. The zero-order valence-electron chi connectivity index (χ0n) is 13.4. The molecule has 0 bridgehead atoms.